The van der Waals surface area contributed by atoms with Gasteiger partial charge in [0.1, 0.15) is 5.82 Å². The Balaban J connectivity index is 2.84. The Hall–Kier alpha value is -1.55. The first-order chi connectivity index (χ1) is 6.33. The average Bonchev–Trinajstić information content (AvgIpc) is 2.18. The molecule has 2 N–H and O–H groups in total. The van der Waals surface area contributed by atoms with Gasteiger partial charge in [0.05, 0.1) is 11.0 Å². The molecule has 0 aliphatic heterocycles. The number of hydrogen-bond acceptors (Lipinski definition) is 3. The van der Waals surface area contributed by atoms with Crippen LogP contribution in [0.2, 0.25) is 0 Å². The fourth-order valence-corrected chi connectivity index (χ4v) is 1.26. The molecule has 0 fully saturated rings. The van der Waals surface area contributed by atoms with Crippen LogP contribution in [0.3, 0.4) is 0 Å². The Morgan fingerprint density at radius 1 is 1.23 bits per heavy atom. The molecule has 1 aromatic heterocycles. The molecule has 1 aromatic carbocycles. The molecule has 4 heteroatoms. The summed E-state index contributed by atoms with van der Waals surface area (Å²) in [5.74, 6) is -0.324. The second-order valence-electron chi connectivity index (χ2n) is 2.65. The van der Waals surface area contributed by atoms with Crippen LogP contribution in [0.1, 0.15) is 5.56 Å². The van der Waals surface area contributed by atoms with Crippen molar-refractivity contribution in [3.8, 4) is 0 Å². The molecular formula is C9H8FN3. The molecule has 0 bridgehead atoms. The molecule has 2 aromatic rings. The molecule has 0 spiro atoms. The van der Waals surface area contributed by atoms with Gasteiger partial charge in [0.25, 0.3) is 0 Å². The molecule has 13 heavy (non-hydrogen) atoms. The summed E-state index contributed by atoms with van der Waals surface area (Å²) in [6, 6.07) is 2.95. The maximum absolute atomic E-state index is 13.2. The lowest BCUT2D eigenvalue weighted by molar-refractivity contribution is 0.613. The maximum atomic E-state index is 13.2. The van der Waals surface area contributed by atoms with E-state index >= 15 is 0 Å². The fourth-order valence-electron chi connectivity index (χ4n) is 1.26. The maximum Gasteiger partial charge on any atom is 0.130 e. The van der Waals surface area contributed by atoms with Gasteiger partial charge in [0, 0.05) is 24.5 Å². The quantitative estimate of drug-likeness (QED) is 0.712. The molecule has 0 radical (unpaired) electrons. The minimum atomic E-state index is -0.324. The summed E-state index contributed by atoms with van der Waals surface area (Å²) in [5, 5.41) is 0. The topological polar surface area (TPSA) is 51.8 Å². The summed E-state index contributed by atoms with van der Waals surface area (Å²) in [7, 11) is 0. The second-order valence-corrected chi connectivity index (χ2v) is 2.65. The molecular weight excluding hydrogens is 169 g/mol. The number of nitrogens with zero attached hydrogens (tertiary/aromatic N) is 2. The number of fused-ring (bicyclic) bond motifs is 1. The van der Waals surface area contributed by atoms with Crippen molar-refractivity contribution in [1.29, 1.82) is 0 Å². The monoisotopic (exact) mass is 177 g/mol. The van der Waals surface area contributed by atoms with Crippen molar-refractivity contribution in [2.24, 2.45) is 5.73 Å². The van der Waals surface area contributed by atoms with Crippen molar-refractivity contribution in [3.05, 3.63) is 35.9 Å². The lowest BCUT2D eigenvalue weighted by atomic mass is 10.1. The highest BCUT2D eigenvalue weighted by Gasteiger charge is 2.06. The van der Waals surface area contributed by atoms with Crippen LogP contribution in [0.5, 0.6) is 0 Å². The van der Waals surface area contributed by atoms with Crippen LogP contribution < -0.4 is 5.73 Å². The van der Waals surface area contributed by atoms with Crippen molar-refractivity contribution in [3.63, 3.8) is 0 Å². The van der Waals surface area contributed by atoms with Crippen LogP contribution in [-0.4, -0.2) is 9.97 Å². The van der Waals surface area contributed by atoms with Gasteiger partial charge in [-0.25, -0.2) is 4.39 Å². The average molecular weight is 177 g/mol. The number of hydrogen-bond donors (Lipinski definition) is 1. The van der Waals surface area contributed by atoms with Crippen LogP contribution >= 0.6 is 0 Å². The van der Waals surface area contributed by atoms with E-state index < -0.39 is 0 Å². The molecule has 2 rings (SSSR count). The zero-order valence-electron chi connectivity index (χ0n) is 6.87. The summed E-state index contributed by atoms with van der Waals surface area (Å²) < 4.78 is 13.2. The smallest absolute Gasteiger partial charge is 0.130 e. The second kappa shape index (κ2) is 3.06. The molecule has 0 unspecified atom stereocenters. The third-order valence-electron chi connectivity index (χ3n) is 1.89. The van der Waals surface area contributed by atoms with E-state index in [0.717, 1.165) is 0 Å². The van der Waals surface area contributed by atoms with Crippen LogP contribution in [0, 0.1) is 5.82 Å². The minimum Gasteiger partial charge on any atom is -0.326 e. The van der Waals surface area contributed by atoms with Crippen LogP contribution in [0.4, 0.5) is 4.39 Å². The van der Waals surface area contributed by atoms with Gasteiger partial charge in [-0.3, -0.25) is 9.97 Å². The van der Waals surface area contributed by atoms with E-state index in [9.17, 15) is 4.39 Å². The van der Waals surface area contributed by atoms with Crippen molar-refractivity contribution >= 4 is 11.0 Å². The van der Waals surface area contributed by atoms with Crippen molar-refractivity contribution in [1.82, 2.24) is 9.97 Å². The minimum absolute atomic E-state index is 0.141. The van der Waals surface area contributed by atoms with Crippen molar-refractivity contribution < 1.29 is 4.39 Å². The van der Waals surface area contributed by atoms with E-state index in [0.29, 0.717) is 16.6 Å². The Morgan fingerprint density at radius 2 is 2.00 bits per heavy atom. The van der Waals surface area contributed by atoms with Gasteiger partial charge in [0.15, 0.2) is 0 Å². The SMILES string of the molecule is NCc1c(F)ccc2nccnc12. The van der Waals surface area contributed by atoms with Crippen molar-refractivity contribution in [2.75, 3.05) is 0 Å². The van der Waals surface area contributed by atoms with Crippen molar-refractivity contribution in [2.45, 2.75) is 6.54 Å². The highest BCUT2D eigenvalue weighted by Crippen LogP contribution is 2.16. The molecule has 0 saturated heterocycles. The van der Waals surface area contributed by atoms with Gasteiger partial charge in [-0.2, -0.15) is 0 Å². The van der Waals surface area contributed by atoms with Crippen LogP contribution in [0.15, 0.2) is 24.5 Å². The number of halogens is 1. The molecule has 3 nitrogen and oxygen atoms in total. The lowest BCUT2D eigenvalue weighted by Crippen LogP contribution is -2.02. The third kappa shape index (κ3) is 1.25. The molecule has 0 saturated carbocycles. The fraction of sp³-hybridized carbons (Fsp3) is 0.111. The first kappa shape index (κ1) is 8.07. The molecule has 0 aliphatic carbocycles. The highest BCUT2D eigenvalue weighted by molar-refractivity contribution is 5.77. The van der Waals surface area contributed by atoms with Gasteiger partial charge in [-0.1, -0.05) is 0 Å². The Morgan fingerprint density at radius 3 is 2.77 bits per heavy atom. The Bertz CT molecular complexity index is 442. The predicted octanol–water partition coefficient (Wildman–Crippen LogP) is 1.23. The number of aromatic nitrogens is 2. The number of nitrogens with two attached hydrogens (primary N) is 1. The summed E-state index contributed by atoms with van der Waals surface area (Å²) in [4.78, 5) is 8.08. The highest BCUT2D eigenvalue weighted by atomic mass is 19.1. The molecule has 66 valence electrons. The van der Waals surface area contributed by atoms with E-state index in [1.54, 1.807) is 12.3 Å². The first-order valence-electron chi connectivity index (χ1n) is 3.91. The number of benzene rings is 1. The third-order valence-corrected chi connectivity index (χ3v) is 1.89. The van der Waals surface area contributed by atoms with Gasteiger partial charge >= 0.3 is 0 Å². The van der Waals surface area contributed by atoms with E-state index in [2.05, 4.69) is 9.97 Å². The van der Waals surface area contributed by atoms with Gasteiger partial charge < -0.3 is 5.73 Å². The largest absolute Gasteiger partial charge is 0.326 e. The van der Waals surface area contributed by atoms with Crippen LogP contribution in [-0.2, 0) is 6.54 Å². The molecule has 1 heterocycles. The predicted molar refractivity (Wildman–Crippen MR) is 47.4 cm³/mol. The lowest BCUT2D eigenvalue weighted by Gasteiger charge is -2.02. The standard InChI is InChI=1S/C9H8FN3/c10-7-1-2-8-9(6(7)5-11)13-4-3-12-8/h1-4H,5,11H2. The zero-order chi connectivity index (χ0) is 9.26. The summed E-state index contributed by atoms with van der Waals surface area (Å²) >= 11 is 0. The van der Waals surface area contributed by atoms with Gasteiger partial charge in [-0.15, -0.1) is 0 Å². The molecule has 0 amide bonds. The summed E-state index contributed by atoms with van der Waals surface area (Å²) in [6.07, 6.45) is 3.10. The first-order valence-corrected chi connectivity index (χ1v) is 3.91. The van der Waals surface area contributed by atoms with Gasteiger partial charge in [0.2, 0.25) is 0 Å². The molecule has 0 aliphatic rings. The van der Waals surface area contributed by atoms with E-state index in [1.807, 2.05) is 0 Å². The molecule has 0 atom stereocenters. The zero-order valence-corrected chi connectivity index (χ0v) is 6.87. The van der Waals surface area contributed by atoms with E-state index in [4.69, 9.17) is 5.73 Å². The summed E-state index contributed by atoms with van der Waals surface area (Å²) in [5.41, 5.74) is 7.05. The Kier molecular flexibility index (Phi) is 1.90. The number of rotatable bonds is 1. The van der Waals surface area contributed by atoms with Gasteiger partial charge in [-0.05, 0) is 12.1 Å². The van der Waals surface area contributed by atoms with E-state index in [1.165, 1.54) is 12.3 Å². The summed E-state index contributed by atoms with van der Waals surface area (Å²) in [6.45, 7) is 0.141. The van der Waals surface area contributed by atoms with Crippen LogP contribution in [0.25, 0.3) is 11.0 Å². The normalized spacial score (nSPS) is 10.6. The van der Waals surface area contributed by atoms with E-state index in [-0.39, 0.29) is 12.4 Å². The Labute approximate surface area is 74.4 Å².